The zero-order valence-electron chi connectivity index (χ0n) is 6.90. The van der Waals surface area contributed by atoms with E-state index in [0.29, 0.717) is 0 Å². The van der Waals surface area contributed by atoms with E-state index in [-0.39, 0.29) is 0 Å². The normalized spacial score (nSPS) is 19.7. The molecule has 0 spiro atoms. The van der Waals surface area contributed by atoms with Crippen molar-refractivity contribution in [1.29, 1.82) is 0 Å². The molecule has 4 heteroatoms. The van der Waals surface area contributed by atoms with Gasteiger partial charge in [-0.25, -0.2) is 9.29 Å². The second-order valence-electron chi connectivity index (χ2n) is 2.88. The molecule has 0 N–H and O–H groups in total. The van der Waals surface area contributed by atoms with Crippen molar-refractivity contribution in [2.75, 3.05) is 13.1 Å². The van der Waals surface area contributed by atoms with Gasteiger partial charge >= 0.3 is 0 Å². The summed E-state index contributed by atoms with van der Waals surface area (Å²) in [7, 11) is 0. The molecular formula is C8H12N2S2. The third-order valence-electron chi connectivity index (χ3n) is 1.93. The van der Waals surface area contributed by atoms with Crippen LogP contribution in [0.3, 0.4) is 0 Å². The van der Waals surface area contributed by atoms with Gasteiger partial charge in [0.05, 0.1) is 0 Å². The first kappa shape index (κ1) is 8.53. The molecule has 12 heavy (non-hydrogen) atoms. The average Bonchev–Trinajstić information content (AvgIpc) is 2.59. The van der Waals surface area contributed by atoms with Crippen molar-refractivity contribution in [2.24, 2.45) is 0 Å². The van der Waals surface area contributed by atoms with Gasteiger partial charge in [-0.05, 0) is 24.8 Å². The van der Waals surface area contributed by atoms with Gasteiger partial charge in [-0.1, -0.05) is 6.42 Å². The van der Waals surface area contributed by atoms with Gasteiger partial charge in [-0.2, -0.15) is 0 Å². The number of thiazole rings is 1. The van der Waals surface area contributed by atoms with Crippen LogP contribution in [-0.4, -0.2) is 22.4 Å². The Hall–Kier alpha value is -0.0600. The molecule has 66 valence electrons. The minimum atomic E-state index is 1.18. The van der Waals surface area contributed by atoms with Crippen LogP contribution in [0.25, 0.3) is 0 Å². The molecule has 1 aliphatic heterocycles. The maximum atomic E-state index is 4.25. The SMILES string of the molecule is c1csc(SN2CCCCC2)n1. The topological polar surface area (TPSA) is 16.1 Å². The van der Waals surface area contributed by atoms with Gasteiger partial charge in [0, 0.05) is 24.7 Å². The van der Waals surface area contributed by atoms with Crippen molar-refractivity contribution in [2.45, 2.75) is 23.6 Å². The van der Waals surface area contributed by atoms with E-state index in [9.17, 15) is 0 Å². The third-order valence-corrected chi connectivity index (χ3v) is 3.89. The van der Waals surface area contributed by atoms with E-state index in [1.54, 1.807) is 11.3 Å². The lowest BCUT2D eigenvalue weighted by Gasteiger charge is -2.23. The van der Waals surface area contributed by atoms with E-state index in [1.165, 1.54) is 36.7 Å². The molecule has 1 aromatic heterocycles. The average molecular weight is 200 g/mol. The Morgan fingerprint density at radius 2 is 2.17 bits per heavy atom. The second kappa shape index (κ2) is 4.25. The van der Waals surface area contributed by atoms with E-state index in [2.05, 4.69) is 9.29 Å². The standard InChI is InChI=1S/C8H12N2S2/c1-2-5-10(6-3-1)12-8-9-4-7-11-8/h4,7H,1-3,5-6H2. The van der Waals surface area contributed by atoms with E-state index >= 15 is 0 Å². The Labute approximate surface area is 81.1 Å². The summed E-state index contributed by atoms with van der Waals surface area (Å²) in [5, 5.41) is 2.03. The molecule has 2 nitrogen and oxygen atoms in total. The van der Waals surface area contributed by atoms with E-state index in [0.717, 1.165) is 0 Å². The largest absolute Gasteiger partial charge is 0.244 e. The molecule has 1 aliphatic rings. The summed E-state index contributed by atoms with van der Waals surface area (Å²) in [6.07, 6.45) is 5.96. The Kier molecular flexibility index (Phi) is 3.03. The first-order chi connectivity index (χ1) is 5.95. The highest BCUT2D eigenvalue weighted by atomic mass is 32.2. The molecule has 0 unspecified atom stereocenters. The lowest BCUT2D eigenvalue weighted by molar-refractivity contribution is 0.380. The molecule has 2 heterocycles. The van der Waals surface area contributed by atoms with E-state index in [1.807, 2.05) is 23.5 Å². The van der Waals surface area contributed by atoms with Crippen LogP contribution in [0.2, 0.25) is 0 Å². The van der Waals surface area contributed by atoms with Crippen LogP contribution < -0.4 is 0 Å². The summed E-state index contributed by atoms with van der Waals surface area (Å²) in [6.45, 7) is 2.45. The molecular weight excluding hydrogens is 188 g/mol. The highest BCUT2D eigenvalue weighted by Crippen LogP contribution is 2.27. The zero-order chi connectivity index (χ0) is 8.23. The molecule has 0 radical (unpaired) electrons. The maximum Gasteiger partial charge on any atom is 0.165 e. The summed E-state index contributed by atoms with van der Waals surface area (Å²) in [4.78, 5) is 4.25. The van der Waals surface area contributed by atoms with Crippen LogP contribution >= 0.6 is 23.3 Å². The van der Waals surface area contributed by atoms with Crippen molar-refractivity contribution in [3.63, 3.8) is 0 Å². The molecule has 0 aromatic carbocycles. The molecule has 0 bridgehead atoms. The molecule has 0 amide bonds. The predicted octanol–water partition coefficient (Wildman–Crippen LogP) is 2.64. The quantitative estimate of drug-likeness (QED) is 0.683. The molecule has 0 saturated carbocycles. The van der Waals surface area contributed by atoms with Crippen LogP contribution in [0, 0.1) is 0 Å². The number of aromatic nitrogens is 1. The summed E-state index contributed by atoms with van der Waals surface area (Å²) in [6, 6.07) is 0. The monoisotopic (exact) mass is 200 g/mol. The molecule has 0 atom stereocenters. The van der Waals surface area contributed by atoms with E-state index < -0.39 is 0 Å². The maximum absolute atomic E-state index is 4.25. The van der Waals surface area contributed by atoms with Crippen molar-refractivity contribution >= 4 is 23.3 Å². The number of rotatable bonds is 2. The number of piperidine rings is 1. The van der Waals surface area contributed by atoms with Gasteiger partial charge in [0.15, 0.2) is 4.34 Å². The Morgan fingerprint density at radius 3 is 2.83 bits per heavy atom. The smallest absolute Gasteiger partial charge is 0.165 e. The first-order valence-corrected chi connectivity index (χ1v) is 5.93. The molecule has 1 aromatic rings. The molecule has 1 fully saturated rings. The Bertz CT molecular complexity index is 217. The summed E-state index contributed by atoms with van der Waals surface area (Å²) < 4.78 is 3.60. The highest BCUT2D eigenvalue weighted by molar-refractivity contribution is 7.98. The van der Waals surface area contributed by atoms with Crippen molar-refractivity contribution in [1.82, 2.24) is 9.29 Å². The fraction of sp³-hybridized carbons (Fsp3) is 0.625. The lowest BCUT2D eigenvalue weighted by atomic mass is 10.2. The molecule has 2 rings (SSSR count). The fourth-order valence-corrected chi connectivity index (χ4v) is 3.11. The van der Waals surface area contributed by atoms with Crippen LogP contribution in [0.1, 0.15) is 19.3 Å². The van der Waals surface area contributed by atoms with Gasteiger partial charge in [-0.3, -0.25) is 0 Å². The van der Waals surface area contributed by atoms with Gasteiger partial charge in [0.2, 0.25) is 0 Å². The predicted molar refractivity (Wildman–Crippen MR) is 53.4 cm³/mol. The van der Waals surface area contributed by atoms with Crippen molar-refractivity contribution < 1.29 is 0 Å². The van der Waals surface area contributed by atoms with Gasteiger partial charge in [0.1, 0.15) is 0 Å². The summed E-state index contributed by atoms with van der Waals surface area (Å²) in [5.74, 6) is 0. The minimum Gasteiger partial charge on any atom is -0.244 e. The molecule has 1 saturated heterocycles. The summed E-state index contributed by atoms with van der Waals surface area (Å²) in [5.41, 5.74) is 0. The third kappa shape index (κ3) is 2.21. The number of nitrogens with zero attached hydrogens (tertiary/aromatic N) is 2. The van der Waals surface area contributed by atoms with Crippen LogP contribution in [0.4, 0.5) is 0 Å². The van der Waals surface area contributed by atoms with Gasteiger partial charge in [-0.15, -0.1) is 11.3 Å². The van der Waals surface area contributed by atoms with Crippen molar-refractivity contribution in [3.8, 4) is 0 Å². The van der Waals surface area contributed by atoms with Crippen LogP contribution in [0.15, 0.2) is 15.9 Å². The number of hydrogen-bond donors (Lipinski definition) is 0. The highest BCUT2D eigenvalue weighted by Gasteiger charge is 2.11. The summed E-state index contributed by atoms with van der Waals surface area (Å²) >= 11 is 3.54. The second-order valence-corrected chi connectivity index (χ2v) is 5.12. The van der Waals surface area contributed by atoms with E-state index in [4.69, 9.17) is 0 Å². The van der Waals surface area contributed by atoms with Gasteiger partial charge in [0.25, 0.3) is 0 Å². The van der Waals surface area contributed by atoms with Crippen LogP contribution in [-0.2, 0) is 0 Å². The van der Waals surface area contributed by atoms with Gasteiger partial charge < -0.3 is 0 Å². The Balaban J connectivity index is 1.86. The number of hydrogen-bond acceptors (Lipinski definition) is 4. The zero-order valence-corrected chi connectivity index (χ0v) is 8.53. The first-order valence-electron chi connectivity index (χ1n) is 4.27. The van der Waals surface area contributed by atoms with Crippen LogP contribution in [0.5, 0.6) is 0 Å². The molecule has 0 aliphatic carbocycles. The fourth-order valence-electron chi connectivity index (χ4n) is 1.32. The minimum absolute atomic E-state index is 1.18. The van der Waals surface area contributed by atoms with Crippen molar-refractivity contribution in [3.05, 3.63) is 11.6 Å². The Morgan fingerprint density at radius 1 is 1.33 bits per heavy atom. The lowest BCUT2D eigenvalue weighted by Crippen LogP contribution is -2.22.